The van der Waals surface area contributed by atoms with Crippen molar-refractivity contribution in [3.63, 3.8) is 0 Å². The van der Waals surface area contributed by atoms with Crippen LogP contribution in [0.25, 0.3) is 0 Å². The van der Waals surface area contributed by atoms with E-state index < -0.39 is 4.92 Å². The second-order valence-electron chi connectivity index (χ2n) is 6.47. The quantitative estimate of drug-likeness (QED) is 0.682. The summed E-state index contributed by atoms with van der Waals surface area (Å²) in [5.41, 5.74) is 0.483. The average molecular weight is 330 g/mol. The van der Waals surface area contributed by atoms with Crippen LogP contribution in [-0.4, -0.2) is 31.6 Å². The normalized spacial score (nSPS) is 18.2. The van der Waals surface area contributed by atoms with Crippen molar-refractivity contribution in [3.8, 4) is 0 Å². The zero-order valence-corrected chi connectivity index (χ0v) is 14.2. The van der Waals surface area contributed by atoms with Crippen molar-refractivity contribution in [1.29, 1.82) is 0 Å². The highest BCUT2D eigenvalue weighted by Gasteiger charge is 2.29. The Labute approximate surface area is 140 Å². The van der Waals surface area contributed by atoms with E-state index >= 15 is 0 Å². The van der Waals surface area contributed by atoms with Crippen LogP contribution in [0, 0.1) is 17.0 Å². The minimum absolute atomic E-state index is 0.0501. The van der Waals surface area contributed by atoms with Crippen molar-refractivity contribution < 1.29 is 4.92 Å². The molecule has 0 spiro atoms. The fourth-order valence-corrected chi connectivity index (χ4v) is 3.08. The van der Waals surface area contributed by atoms with E-state index in [-0.39, 0.29) is 17.6 Å². The number of nitrogens with one attached hydrogen (secondary N) is 1. The van der Waals surface area contributed by atoms with Gasteiger partial charge < -0.3 is 4.90 Å². The summed E-state index contributed by atoms with van der Waals surface area (Å²) < 4.78 is 0. The van der Waals surface area contributed by atoms with Gasteiger partial charge in [-0.15, -0.1) is 0 Å². The summed E-state index contributed by atoms with van der Waals surface area (Å²) in [5.74, 6) is 2.68. The SMILES string of the molecule is Cc1nc(N2CCCC[C@@H]2c2nc(C(C)C)n[nH]2)ccc1[N+](=O)[O-]. The van der Waals surface area contributed by atoms with Crippen molar-refractivity contribution >= 4 is 11.5 Å². The fourth-order valence-electron chi connectivity index (χ4n) is 3.08. The second-order valence-corrected chi connectivity index (χ2v) is 6.47. The standard InChI is InChI=1S/C16H22N6O2/c1-10(2)15-18-16(20-19-15)13-6-4-5-9-21(13)14-8-7-12(22(23)24)11(3)17-14/h7-8,10,13H,4-6,9H2,1-3H3,(H,18,19,20)/t13-/m1/s1. The van der Waals surface area contributed by atoms with Crippen LogP contribution in [0.5, 0.6) is 0 Å². The minimum atomic E-state index is -0.398. The van der Waals surface area contributed by atoms with Crippen LogP contribution in [0.1, 0.15) is 62.4 Å². The van der Waals surface area contributed by atoms with Gasteiger partial charge in [0.2, 0.25) is 0 Å². The van der Waals surface area contributed by atoms with Crippen molar-refractivity contribution in [2.24, 2.45) is 0 Å². The van der Waals surface area contributed by atoms with Gasteiger partial charge in [0, 0.05) is 18.5 Å². The molecular weight excluding hydrogens is 308 g/mol. The third-order valence-corrected chi connectivity index (χ3v) is 4.39. The van der Waals surface area contributed by atoms with Crippen molar-refractivity contribution in [1.82, 2.24) is 20.2 Å². The Morgan fingerprint density at radius 2 is 2.12 bits per heavy atom. The Morgan fingerprint density at radius 1 is 1.33 bits per heavy atom. The van der Waals surface area contributed by atoms with Crippen LogP contribution in [-0.2, 0) is 0 Å². The Morgan fingerprint density at radius 3 is 2.75 bits per heavy atom. The van der Waals surface area contributed by atoms with Gasteiger partial charge in [0.05, 0.1) is 11.0 Å². The number of nitrogens with zero attached hydrogens (tertiary/aromatic N) is 5. The Balaban J connectivity index is 1.92. The van der Waals surface area contributed by atoms with Gasteiger partial charge in [-0.25, -0.2) is 9.97 Å². The summed E-state index contributed by atoms with van der Waals surface area (Å²) in [6.07, 6.45) is 3.15. The van der Waals surface area contributed by atoms with E-state index in [4.69, 9.17) is 0 Å². The number of aryl methyl sites for hydroxylation is 1. The maximum atomic E-state index is 11.0. The van der Waals surface area contributed by atoms with Gasteiger partial charge in [-0.05, 0) is 32.3 Å². The summed E-state index contributed by atoms with van der Waals surface area (Å²) in [6.45, 7) is 6.65. The first-order valence-corrected chi connectivity index (χ1v) is 8.28. The van der Waals surface area contributed by atoms with Crippen LogP contribution in [0.2, 0.25) is 0 Å². The van der Waals surface area contributed by atoms with Crippen LogP contribution in [0.15, 0.2) is 12.1 Å². The van der Waals surface area contributed by atoms with Crippen molar-refractivity contribution in [2.45, 2.75) is 52.0 Å². The molecule has 0 saturated carbocycles. The Bertz CT molecular complexity index is 742. The van der Waals surface area contributed by atoms with Gasteiger partial charge in [0.15, 0.2) is 5.82 Å². The monoisotopic (exact) mass is 330 g/mol. The summed E-state index contributed by atoms with van der Waals surface area (Å²) in [7, 11) is 0. The molecule has 0 radical (unpaired) electrons. The third kappa shape index (κ3) is 3.08. The molecule has 8 heteroatoms. The predicted octanol–water partition coefficient (Wildman–Crippen LogP) is 3.27. The first-order chi connectivity index (χ1) is 11.5. The van der Waals surface area contributed by atoms with Crippen LogP contribution in [0.3, 0.4) is 0 Å². The van der Waals surface area contributed by atoms with E-state index in [0.29, 0.717) is 5.69 Å². The number of aromatic amines is 1. The maximum absolute atomic E-state index is 11.0. The van der Waals surface area contributed by atoms with E-state index in [1.165, 1.54) is 6.07 Å². The molecule has 2 aromatic rings. The molecule has 2 aromatic heterocycles. The molecule has 128 valence electrons. The van der Waals surface area contributed by atoms with Gasteiger partial charge in [-0.1, -0.05) is 13.8 Å². The van der Waals surface area contributed by atoms with E-state index in [2.05, 4.69) is 38.9 Å². The summed E-state index contributed by atoms with van der Waals surface area (Å²) in [4.78, 5) is 21.9. The lowest BCUT2D eigenvalue weighted by molar-refractivity contribution is -0.385. The molecule has 3 heterocycles. The number of rotatable bonds is 4. The molecule has 0 unspecified atom stereocenters. The fraction of sp³-hybridized carbons (Fsp3) is 0.562. The summed E-state index contributed by atoms with van der Waals surface area (Å²) in [6, 6.07) is 3.33. The number of hydrogen-bond acceptors (Lipinski definition) is 6. The average Bonchev–Trinajstić information content (AvgIpc) is 3.04. The molecule has 8 nitrogen and oxygen atoms in total. The predicted molar refractivity (Wildman–Crippen MR) is 90.0 cm³/mol. The van der Waals surface area contributed by atoms with Crippen LogP contribution in [0.4, 0.5) is 11.5 Å². The Hall–Kier alpha value is -2.51. The van der Waals surface area contributed by atoms with Crippen LogP contribution < -0.4 is 4.90 Å². The van der Waals surface area contributed by atoms with E-state index in [1.54, 1.807) is 13.0 Å². The highest BCUT2D eigenvalue weighted by atomic mass is 16.6. The number of pyridine rings is 1. The topological polar surface area (TPSA) is 101 Å². The smallest absolute Gasteiger partial charge is 0.290 e. The number of hydrogen-bond donors (Lipinski definition) is 1. The van der Waals surface area contributed by atoms with Gasteiger partial charge in [0.1, 0.15) is 17.3 Å². The molecule has 0 aromatic carbocycles. The molecule has 1 aliphatic heterocycles. The number of H-pyrrole nitrogens is 1. The lowest BCUT2D eigenvalue weighted by Crippen LogP contribution is -2.34. The van der Waals surface area contributed by atoms with Crippen molar-refractivity contribution in [3.05, 3.63) is 39.6 Å². The molecular formula is C16H22N6O2. The molecule has 1 atom stereocenters. The molecule has 1 fully saturated rings. The van der Waals surface area contributed by atoms with E-state index in [9.17, 15) is 10.1 Å². The lowest BCUT2D eigenvalue weighted by atomic mass is 10.0. The Kier molecular flexibility index (Phi) is 4.46. The minimum Gasteiger partial charge on any atom is -0.346 e. The molecule has 1 N–H and O–H groups in total. The largest absolute Gasteiger partial charge is 0.346 e. The van der Waals surface area contributed by atoms with Crippen LogP contribution >= 0.6 is 0 Å². The molecule has 0 aliphatic carbocycles. The zero-order chi connectivity index (χ0) is 17.3. The first-order valence-electron chi connectivity index (χ1n) is 8.28. The summed E-state index contributed by atoms with van der Waals surface area (Å²) in [5, 5.41) is 18.4. The third-order valence-electron chi connectivity index (χ3n) is 4.39. The van der Waals surface area contributed by atoms with E-state index in [0.717, 1.165) is 43.3 Å². The molecule has 3 rings (SSSR count). The first kappa shape index (κ1) is 16.4. The highest BCUT2D eigenvalue weighted by molar-refractivity contribution is 5.48. The van der Waals surface area contributed by atoms with Gasteiger partial charge in [0.25, 0.3) is 5.69 Å². The van der Waals surface area contributed by atoms with Gasteiger partial charge in [-0.3, -0.25) is 15.2 Å². The van der Waals surface area contributed by atoms with Crippen molar-refractivity contribution in [2.75, 3.05) is 11.4 Å². The number of nitro groups is 1. The molecule has 1 aliphatic rings. The summed E-state index contributed by atoms with van der Waals surface area (Å²) >= 11 is 0. The molecule has 24 heavy (non-hydrogen) atoms. The second kappa shape index (κ2) is 6.54. The number of aromatic nitrogens is 4. The molecule has 1 saturated heterocycles. The van der Waals surface area contributed by atoms with Gasteiger partial charge in [-0.2, -0.15) is 5.10 Å². The van der Waals surface area contributed by atoms with Gasteiger partial charge >= 0.3 is 0 Å². The highest BCUT2D eigenvalue weighted by Crippen LogP contribution is 2.34. The van der Waals surface area contributed by atoms with E-state index in [1.807, 2.05) is 0 Å². The number of piperidine rings is 1. The maximum Gasteiger partial charge on any atom is 0.290 e. The zero-order valence-electron chi connectivity index (χ0n) is 14.2. The number of anilines is 1. The lowest BCUT2D eigenvalue weighted by Gasteiger charge is -2.35. The molecule has 0 amide bonds. The molecule has 0 bridgehead atoms.